The zero-order chi connectivity index (χ0) is 94.2. The number of nitrogens with two attached hydrogens (primary N) is 1. The molecule has 2 saturated carbocycles. The van der Waals surface area contributed by atoms with Gasteiger partial charge in [-0.05, 0) is 113 Å². The van der Waals surface area contributed by atoms with Crippen molar-refractivity contribution in [1.82, 2.24) is 15.1 Å². The molecule has 0 spiro atoms. The number of carbonyl (C=O) groups excluding carboxylic acids is 10. The van der Waals surface area contributed by atoms with Gasteiger partial charge in [-0.3, -0.25) is 47.9 Å². The van der Waals surface area contributed by atoms with E-state index in [4.69, 9.17) is 14.9 Å². The molecule has 0 radical (unpaired) electrons. The molecule has 2 aromatic heterocycles. The fraction of sp³-hybridized carbons (Fsp3) is 0.590. The molecule has 2 aliphatic rings. The third-order valence-corrected chi connectivity index (χ3v) is 20.4. The van der Waals surface area contributed by atoms with Gasteiger partial charge in [0.1, 0.15) is 47.0 Å². The lowest BCUT2D eigenvalue weighted by Gasteiger charge is -2.30. The minimum Gasteiger partial charge on any atom is -0.486 e. The van der Waals surface area contributed by atoms with Crippen molar-refractivity contribution in [3.05, 3.63) is 186 Å². The van der Waals surface area contributed by atoms with E-state index in [9.17, 15) is 47.9 Å². The van der Waals surface area contributed by atoms with Crippen molar-refractivity contribution in [3.8, 4) is 11.4 Å². The van der Waals surface area contributed by atoms with Crippen LogP contribution in [-0.4, -0.2) is 85.9 Å². The summed E-state index contributed by atoms with van der Waals surface area (Å²) in [6.07, 6.45) is 14.4. The number of aromatic nitrogens is 2. The summed E-state index contributed by atoms with van der Waals surface area (Å²) < 4.78 is 12.4. The first-order valence-electron chi connectivity index (χ1n) is 43.3. The molecule has 6 aromatic rings. The average molecular weight is 1670 g/mol. The highest BCUT2D eigenvalue weighted by Gasteiger charge is 2.48. The fourth-order valence-electron chi connectivity index (χ4n) is 12.4. The summed E-state index contributed by atoms with van der Waals surface area (Å²) in [5.74, 6) is 4.37. The van der Waals surface area contributed by atoms with E-state index in [1.807, 2.05) is 357 Å². The summed E-state index contributed by atoms with van der Waals surface area (Å²) in [5, 5.41) is 7.05. The number of aryl methyl sites for hydroxylation is 2. The van der Waals surface area contributed by atoms with Crippen LogP contribution in [0.15, 0.2) is 151 Å². The van der Waals surface area contributed by atoms with E-state index in [1.165, 1.54) is 19.8 Å². The van der Waals surface area contributed by atoms with Gasteiger partial charge in [-0.15, -0.1) is 6.58 Å². The van der Waals surface area contributed by atoms with E-state index in [1.54, 1.807) is 23.2 Å². The summed E-state index contributed by atoms with van der Waals surface area (Å²) in [6.45, 7) is 73.2. The number of nitrogens with one attached hydrogen (secondary N) is 1. The maximum atomic E-state index is 12.3. The van der Waals surface area contributed by atoms with Gasteiger partial charge in [0.25, 0.3) is 0 Å². The van der Waals surface area contributed by atoms with Gasteiger partial charge in [-0.2, -0.15) is 5.10 Å². The quantitative estimate of drug-likeness (QED) is 0.0533. The number of rotatable bonds is 20. The smallest absolute Gasteiger partial charge is 0.217 e. The van der Waals surface area contributed by atoms with E-state index in [-0.39, 0.29) is 102 Å². The first kappa shape index (κ1) is 112. The van der Waals surface area contributed by atoms with Crippen LogP contribution >= 0.6 is 0 Å². The maximum absolute atomic E-state index is 12.3. The standard InChI is InChI=1S/C15H18N2O.C14H21NO.C12H23NO2.C12H18O2.C12H16O2.C12H16O.C10H18O.2C9H16O/c1-11-13(14(18)15(2,3)4)10-16-17(11)12-8-6-5-7-9-12;1-13(2,3)12(16)14(4,15)10-11-8-6-5-7-9-11;1-8(2)7-10(13-9(3)14)11(15)12(4,5)6;1-8-7-14-9(2)10(8)6-11(13)12(3,4)5;1-12(2,3)11(13)9-14-10-7-5-4-6-8-10;1-12(2,3)11(13)9-10-7-5-4-6-8-10;1-10(2,3)9(11)8-6-4-5-7-8;1-8(2,3)7(10)9(4)5-6-9;1-6-7(2)8(10)9(3,4)5/h5-10H,1-4H3;5-9H,10,15H2,1-4H3;8,10H,7H2,1-6H3,(H,13,14);7H,6H2,1-5H3;4-8H,9H2,1-3H3;4-8H,9H2,1-3H3;8H,4-7H2,1-3H3;5-6H2,1-4H3;6-7H,1H2,2-5H3. The van der Waals surface area contributed by atoms with Crippen molar-refractivity contribution in [1.29, 1.82) is 0 Å². The predicted molar refractivity (Wildman–Crippen MR) is 500 cm³/mol. The summed E-state index contributed by atoms with van der Waals surface area (Å²) in [4.78, 5) is 117. The van der Waals surface area contributed by atoms with Gasteiger partial charge >= 0.3 is 0 Å². The third kappa shape index (κ3) is 43.3. The second kappa shape index (κ2) is 48.4. The van der Waals surface area contributed by atoms with Crippen molar-refractivity contribution in [3.63, 3.8) is 0 Å². The normalized spacial score (nSPS) is 14.3. The molecular weight excluding hydrogens is 1510 g/mol. The Morgan fingerprint density at radius 2 is 0.967 bits per heavy atom. The van der Waals surface area contributed by atoms with E-state index >= 15 is 0 Å². The Hall–Kier alpha value is -8.63. The molecule has 1 amide bonds. The van der Waals surface area contributed by atoms with Crippen LogP contribution in [0.4, 0.5) is 0 Å². The minimum atomic E-state index is -0.792. The molecule has 2 heterocycles. The largest absolute Gasteiger partial charge is 0.486 e. The van der Waals surface area contributed by atoms with Gasteiger partial charge in [0, 0.05) is 91.3 Å². The Balaban J connectivity index is 0.00000135. The molecule has 4 aromatic carbocycles. The van der Waals surface area contributed by atoms with Crippen LogP contribution in [0.25, 0.3) is 5.69 Å². The van der Waals surface area contributed by atoms with Gasteiger partial charge in [0.15, 0.2) is 23.1 Å². The van der Waals surface area contributed by atoms with Crippen LogP contribution in [0.5, 0.6) is 5.75 Å². The van der Waals surface area contributed by atoms with Crippen molar-refractivity contribution in [2.45, 2.75) is 325 Å². The number of hydrogen-bond acceptors (Lipinski definition) is 14. The Kier molecular flexibility index (Phi) is 45.0. The van der Waals surface area contributed by atoms with E-state index in [0.29, 0.717) is 60.4 Å². The summed E-state index contributed by atoms with van der Waals surface area (Å²) in [5.41, 5.74) is 9.81. The molecule has 8 rings (SSSR count). The van der Waals surface area contributed by atoms with Crippen LogP contribution in [0, 0.1) is 92.7 Å². The Bertz CT molecular complexity index is 4190. The van der Waals surface area contributed by atoms with Gasteiger partial charge in [0.2, 0.25) is 5.91 Å². The lowest BCUT2D eigenvalue weighted by Crippen LogP contribution is -2.52. The molecule has 3 N–H and O–H groups in total. The highest BCUT2D eigenvalue weighted by molar-refractivity contribution is 6.01. The number of ketones is 9. The van der Waals surface area contributed by atoms with Crippen molar-refractivity contribution in [2.24, 2.45) is 77.6 Å². The number of amides is 1. The minimum absolute atomic E-state index is 0.0139. The highest BCUT2D eigenvalue weighted by atomic mass is 16.5. The van der Waals surface area contributed by atoms with E-state index < -0.39 is 16.4 Å². The van der Waals surface area contributed by atoms with Crippen LogP contribution < -0.4 is 15.8 Å². The topological polar surface area (TPSA) is 249 Å². The van der Waals surface area contributed by atoms with Gasteiger partial charge in [-0.25, -0.2) is 4.68 Å². The van der Waals surface area contributed by atoms with Crippen LogP contribution in [-0.2, 0) is 62.4 Å². The number of furan rings is 1. The lowest BCUT2D eigenvalue weighted by molar-refractivity contribution is -0.132. The van der Waals surface area contributed by atoms with E-state index in [2.05, 4.69) is 23.9 Å². The molecule has 674 valence electrons. The van der Waals surface area contributed by atoms with Crippen LogP contribution in [0.1, 0.15) is 317 Å². The number of nitrogens with zero attached hydrogens (tertiary/aromatic N) is 2. The molecule has 16 heteroatoms. The number of ether oxygens (including phenoxy) is 1. The van der Waals surface area contributed by atoms with Crippen molar-refractivity contribution in [2.75, 3.05) is 6.61 Å². The lowest BCUT2D eigenvalue weighted by atomic mass is 9.77. The second-order valence-electron chi connectivity index (χ2n) is 42.9. The molecular formula is C105H162N4O12. The molecule has 3 atom stereocenters. The maximum Gasteiger partial charge on any atom is 0.217 e. The molecule has 2 aliphatic carbocycles. The van der Waals surface area contributed by atoms with Gasteiger partial charge in [0.05, 0.1) is 41.0 Å². The zero-order valence-corrected chi connectivity index (χ0v) is 81.9. The zero-order valence-electron chi connectivity index (χ0n) is 81.9. The molecule has 0 saturated heterocycles. The Morgan fingerprint density at radius 3 is 1.31 bits per heavy atom. The summed E-state index contributed by atoms with van der Waals surface area (Å²) >= 11 is 0. The summed E-state index contributed by atoms with van der Waals surface area (Å²) in [7, 11) is 0. The SMILES string of the molecule is C=CC(C)C(=O)C(C)(C)C.CC(=O)NC(CC(C)C)C(=O)C(C)(C)C.CC(C)(C)C(=O)C(C)(N)Cc1ccccc1.CC(C)(C)C(=O)C1(C)CC1.CC(C)(C)C(=O)C1CCCC1.CC(C)(C)C(=O)COc1ccccc1.CC(C)(C)C(=O)Cc1ccccc1.Cc1c(C(=O)C(C)(C)C)cnn1-c1ccccc1.Cc1coc(C)c1CC(=O)C(C)(C)C. The highest BCUT2D eigenvalue weighted by Crippen LogP contribution is 2.50. The second-order valence-corrected chi connectivity index (χ2v) is 42.9. The van der Waals surface area contributed by atoms with Crippen molar-refractivity contribution < 1.29 is 57.1 Å². The first-order valence-corrected chi connectivity index (χ1v) is 43.3. The van der Waals surface area contributed by atoms with E-state index in [0.717, 1.165) is 70.8 Å². The number of allylic oxidation sites excluding steroid dienone is 1. The number of para-hydroxylation sites is 2. The number of benzene rings is 4. The number of carbonyl (C=O) groups is 10. The summed E-state index contributed by atoms with van der Waals surface area (Å²) in [6, 6.07) is 38.6. The van der Waals surface area contributed by atoms with Crippen molar-refractivity contribution >= 4 is 58.0 Å². The monoisotopic (exact) mass is 1670 g/mol. The Morgan fingerprint density at radius 1 is 0.545 bits per heavy atom. The van der Waals surface area contributed by atoms with Crippen LogP contribution in [0.2, 0.25) is 0 Å². The van der Waals surface area contributed by atoms with Crippen LogP contribution in [0.3, 0.4) is 0 Å². The number of Topliss-reactive ketones (excluding diaryl/α,β-unsaturated/α-hetero) is 9. The first-order chi connectivity index (χ1) is 54.9. The molecule has 16 nitrogen and oxygen atoms in total. The predicted octanol–water partition coefficient (Wildman–Crippen LogP) is 24.3. The third-order valence-electron chi connectivity index (χ3n) is 20.4. The average Bonchev–Trinajstić information content (AvgIpc) is 1.60. The Labute approximate surface area is 732 Å². The molecule has 121 heavy (non-hydrogen) atoms. The van der Waals surface area contributed by atoms with Gasteiger partial charge in [-0.1, -0.05) is 331 Å². The molecule has 3 unspecified atom stereocenters. The molecule has 0 aliphatic heterocycles. The molecule has 0 bridgehead atoms. The van der Waals surface area contributed by atoms with Gasteiger partial charge < -0.3 is 20.2 Å². The molecule has 2 fully saturated rings. The fourth-order valence-corrected chi connectivity index (χ4v) is 12.4. The number of hydrogen-bond donors (Lipinski definition) is 2.